The van der Waals surface area contributed by atoms with E-state index in [-0.39, 0.29) is 11.4 Å². The molecule has 0 saturated heterocycles. The lowest BCUT2D eigenvalue weighted by Gasteiger charge is -2.04. The van der Waals surface area contributed by atoms with Gasteiger partial charge in [0.1, 0.15) is 5.82 Å². The third kappa shape index (κ3) is 2.76. The van der Waals surface area contributed by atoms with Gasteiger partial charge in [0.25, 0.3) is 5.91 Å². The van der Waals surface area contributed by atoms with Gasteiger partial charge in [0.05, 0.1) is 11.8 Å². The molecule has 1 amide bonds. The number of rotatable bonds is 2. The van der Waals surface area contributed by atoms with Crippen LogP contribution in [0.5, 0.6) is 0 Å². The minimum Gasteiger partial charge on any atom is -0.306 e. The number of anilines is 1. The molecule has 0 aliphatic rings. The fourth-order valence-electron chi connectivity index (χ4n) is 1.22. The second-order valence-electron chi connectivity index (χ2n) is 3.17. The average molecular weight is 252 g/mol. The molecule has 0 aromatic carbocycles. The Hall–Kier alpha value is -2.01. The number of amides is 1. The summed E-state index contributed by atoms with van der Waals surface area (Å²) in [6.07, 6.45) is 3.75. The summed E-state index contributed by atoms with van der Waals surface area (Å²) in [4.78, 5) is 19.1. The van der Waals surface area contributed by atoms with E-state index in [2.05, 4.69) is 15.3 Å². The topological polar surface area (TPSA) is 54.9 Å². The van der Waals surface area contributed by atoms with Crippen LogP contribution in [0.25, 0.3) is 0 Å². The number of aromatic nitrogens is 2. The summed E-state index contributed by atoms with van der Waals surface area (Å²) in [6, 6.07) is 4.33. The Kier molecular flexibility index (Phi) is 3.30. The average Bonchev–Trinajstić information content (AvgIpc) is 2.29. The Morgan fingerprint density at radius 1 is 1.35 bits per heavy atom. The molecule has 0 aliphatic heterocycles. The maximum absolute atomic E-state index is 13.3. The zero-order valence-corrected chi connectivity index (χ0v) is 9.28. The van der Waals surface area contributed by atoms with Gasteiger partial charge < -0.3 is 5.32 Å². The molecular weight excluding hydrogens is 245 g/mol. The van der Waals surface area contributed by atoms with Crippen molar-refractivity contribution < 1.29 is 9.18 Å². The number of carbonyl (C=O) groups excluding carboxylic acids is 1. The van der Waals surface area contributed by atoms with E-state index in [1.807, 2.05) is 0 Å². The molecule has 0 aliphatic carbocycles. The Morgan fingerprint density at radius 2 is 2.18 bits per heavy atom. The molecule has 0 atom stereocenters. The molecule has 6 heteroatoms. The van der Waals surface area contributed by atoms with E-state index in [1.54, 1.807) is 6.07 Å². The molecule has 0 saturated carbocycles. The highest BCUT2D eigenvalue weighted by Crippen LogP contribution is 2.13. The van der Waals surface area contributed by atoms with Gasteiger partial charge >= 0.3 is 0 Å². The van der Waals surface area contributed by atoms with Gasteiger partial charge in [-0.3, -0.25) is 9.78 Å². The highest BCUT2D eigenvalue weighted by Gasteiger charge is 2.11. The number of nitrogens with zero attached hydrogens (tertiary/aromatic N) is 2. The summed E-state index contributed by atoms with van der Waals surface area (Å²) < 4.78 is 13.3. The van der Waals surface area contributed by atoms with Crippen molar-refractivity contribution >= 4 is 23.3 Å². The molecule has 0 fully saturated rings. The number of pyridine rings is 2. The maximum Gasteiger partial charge on any atom is 0.259 e. The lowest BCUT2D eigenvalue weighted by atomic mass is 10.2. The molecule has 0 radical (unpaired) electrons. The normalized spacial score (nSPS) is 10.0. The van der Waals surface area contributed by atoms with E-state index in [4.69, 9.17) is 11.6 Å². The van der Waals surface area contributed by atoms with Gasteiger partial charge in [0, 0.05) is 17.4 Å². The highest BCUT2D eigenvalue weighted by atomic mass is 35.5. The van der Waals surface area contributed by atoms with E-state index >= 15 is 0 Å². The summed E-state index contributed by atoms with van der Waals surface area (Å²) in [5.74, 6) is -1.02. The van der Waals surface area contributed by atoms with Crippen molar-refractivity contribution in [2.45, 2.75) is 0 Å². The van der Waals surface area contributed by atoms with Crippen molar-refractivity contribution in [3.05, 3.63) is 53.2 Å². The van der Waals surface area contributed by atoms with E-state index < -0.39 is 11.7 Å². The summed E-state index contributed by atoms with van der Waals surface area (Å²) in [5.41, 5.74) is -0.0956. The first-order valence-electron chi connectivity index (χ1n) is 4.69. The van der Waals surface area contributed by atoms with E-state index in [9.17, 15) is 9.18 Å². The summed E-state index contributed by atoms with van der Waals surface area (Å²) >= 11 is 5.73. The zero-order chi connectivity index (χ0) is 12.3. The van der Waals surface area contributed by atoms with Crippen molar-refractivity contribution in [2.24, 2.45) is 0 Å². The lowest BCUT2D eigenvalue weighted by molar-refractivity contribution is 0.102. The number of carbonyl (C=O) groups is 1. The molecule has 17 heavy (non-hydrogen) atoms. The second-order valence-corrected chi connectivity index (χ2v) is 3.61. The minimum absolute atomic E-state index is 0.0956. The number of halogens is 2. The molecule has 2 aromatic heterocycles. The van der Waals surface area contributed by atoms with Crippen LogP contribution in [-0.4, -0.2) is 15.9 Å². The Labute approximate surface area is 101 Å². The fraction of sp³-hybridized carbons (Fsp3) is 0. The quantitative estimate of drug-likeness (QED) is 0.892. The SMILES string of the molecule is O=C(Nc1cc(Cl)ccn1)c1ccncc1F. The van der Waals surface area contributed by atoms with Crippen molar-refractivity contribution in [3.8, 4) is 0 Å². The van der Waals surface area contributed by atoms with Gasteiger partial charge in [-0.1, -0.05) is 11.6 Å². The van der Waals surface area contributed by atoms with E-state index in [0.717, 1.165) is 6.20 Å². The van der Waals surface area contributed by atoms with Crippen molar-refractivity contribution in [3.63, 3.8) is 0 Å². The standard InChI is InChI=1S/C11H7ClFN3O/c12-7-1-4-15-10(5-7)16-11(17)8-2-3-14-6-9(8)13/h1-6H,(H,15,16,17). The van der Waals surface area contributed by atoms with Gasteiger partial charge in [-0.25, -0.2) is 9.37 Å². The fourth-order valence-corrected chi connectivity index (χ4v) is 1.38. The summed E-state index contributed by atoms with van der Waals surface area (Å²) in [6.45, 7) is 0. The van der Waals surface area contributed by atoms with Crippen LogP contribution >= 0.6 is 11.6 Å². The van der Waals surface area contributed by atoms with Gasteiger partial charge in [0.2, 0.25) is 0 Å². The highest BCUT2D eigenvalue weighted by molar-refractivity contribution is 6.30. The van der Waals surface area contributed by atoms with Crippen LogP contribution in [0.4, 0.5) is 10.2 Å². The van der Waals surface area contributed by atoms with Crippen LogP contribution in [0.3, 0.4) is 0 Å². The molecule has 86 valence electrons. The van der Waals surface area contributed by atoms with E-state index in [0.29, 0.717) is 5.02 Å². The van der Waals surface area contributed by atoms with Gasteiger partial charge in [-0.2, -0.15) is 0 Å². The monoisotopic (exact) mass is 251 g/mol. The summed E-state index contributed by atoms with van der Waals surface area (Å²) in [5, 5.41) is 2.87. The second kappa shape index (κ2) is 4.88. The molecule has 0 bridgehead atoms. The van der Waals surface area contributed by atoms with Crippen LogP contribution in [0, 0.1) is 5.82 Å². The van der Waals surface area contributed by atoms with Crippen molar-refractivity contribution in [1.82, 2.24) is 9.97 Å². The van der Waals surface area contributed by atoms with Crippen LogP contribution in [0.15, 0.2) is 36.8 Å². The first kappa shape index (κ1) is 11.5. The molecule has 2 heterocycles. The Balaban J connectivity index is 2.20. The van der Waals surface area contributed by atoms with E-state index in [1.165, 1.54) is 24.5 Å². The molecule has 0 spiro atoms. The van der Waals surface area contributed by atoms with Gasteiger partial charge in [-0.05, 0) is 18.2 Å². The molecular formula is C11H7ClFN3O. The predicted octanol–water partition coefficient (Wildman–Crippen LogP) is 2.52. The smallest absolute Gasteiger partial charge is 0.259 e. The first-order valence-corrected chi connectivity index (χ1v) is 5.07. The number of hydrogen-bond donors (Lipinski definition) is 1. The Morgan fingerprint density at radius 3 is 2.88 bits per heavy atom. The number of hydrogen-bond acceptors (Lipinski definition) is 3. The maximum atomic E-state index is 13.3. The first-order chi connectivity index (χ1) is 8.16. The van der Waals surface area contributed by atoms with Crippen LogP contribution in [0.1, 0.15) is 10.4 Å². The molecule has 2 rings (SSSR count). The molecule has 4 nitrogen and oxygen atoms in total. The zero-order valence-electron chi connectivity index (χ0n) is 8.52. The van der Waals surface area contributed by atoms with Crippen molar-refractivity contribution in [2.75, 3.05) is 5.32 Å². The largest absolute Gasteiger partial charge is 0.306 e. The lowest BCUT2D eigenvalue weighted by Crippen LogP contribution is -2.14. The van der Waals surface area contributed by atoms with Crippen molar-refractivity contribution in [1.29, 1.82) is 0 Å². The minimum atomic E-state index is -0.688. The van der Waals surface area contributed by atoms with Gasteiger partial charge in [0.15, 0.2) is 5.82 Å². The third-order valence-corrected chi connectivity index (χ3v) is 2.22. The molecule has 0 unspecified atom stereocenters. The Bertz CT molecular complexity index is 562. The molecule has 2 aromatic rings. The van der Waals surface area contributed by atoms with Gasteiger partial charge in [-0.15, -0.1) is 0 Å². The molecule has 1 N–H and O–H groups in total. The summed E-state index contributed by atoms with van der Waals surface area (Å²) in [7, 11) is 0. The third-order valence-electron chi connectivity index (χ3n) is 1.98. The predicted molar refractivity (Wildman–Crippen MR) is 61.4 cm³/mol. The van der Waals surface area contributed by atoms with Crippen LogP contribution < -0.4 is 5.32 Å². The van der Waals surface area contributed by atoms with Crippen LogP contribution in [-0.2, 0) is 0 Å². The number of nitrogens with one attached hydrogen (secondary N) is 1. The van der Waals surface area contributed by atoms with Crippen LogP contribution in [0.2, 0.25) is 5.02 Å².